The van der Waals surface area contributed by atoms with Gasteiger partial charge in [-0.15, -0.1) is 0 Å². The molecular formula is C15H24N2O2. The number of carbonyl (C=O) groups excluding carboxylic acids is 1. The van der Waals surface area contributed by atoms with Gasteiger partial charge < -0.3 is 15.7 Å². The van der Waals surface area contributed by atoms with Crippen molar-refractivity contribution in [2.24, 2.45) is 5.41 Å². The summed E-state index contributed by atoms with van der Waals surface area (Å²) in [6.45, 7) is 8.30. The van der Waals surface area contributed by atoms with Crippen LogP contribution in [0.5, 0.6) is 0 Å². The third-order valence-electron chi connectivity index (χ3n) is 2.85. The molecule has 0 heterocycles. The lowest BCUT2D eigenvalue weighted by Gasteiger charge is -2.26. The van der Waals surface area contributed by atoms with Gasteiger partial charge in [-0.3, -0.25) is 0 Å². The summed E-state index contributed by atoms with van der Waals surface area (Å²) in [7, 11) is 0. The van der Waals surface area contributed by atoms with Crippen LogP contribution in [0.1, 0.15) is 32.8 Å². The van der Waals surface area contributed by atoms with Gasteiger partial charge >= 0.3 is 6.03 Å². The van der Waals surface area contributed by atoms with Gasteiger partial charge in [0.1, 0.15) is 0 Å². The molecule has 19 heavy (non-hydrogen) atoms. The van der Waals surface area contributed by atoms with E-state index in [0.29, 0.717) is 13.0 Å². The molecule has 4 nitrogen and oxygen atoms in total. The molecule has 1 atom stereocenters. The molecule has 0 bridgehead atoms. The first kappa shape index (κ1) is 15.5. The Labute approximate surface area is 115 Å². The van der Waals surface area contributed by atoms with Gasteiger partial charge in [0.2, 0.25) is 0 Å². The molecule has 0 spiro atoms. The summed E-state index contributed by atoms with van der Waals surface area (Å²) < 4.78 is 0. The number of urea groups is 1. The number of benzene rings is 1. The van der Waals surface area contributed by atoms with Gasteiger partial charge in [-0.05, 0) is 43.4 Å². The Hall–Kier alpha value is -1.55. The summed E-state index contributed by atoms with van der Waals surface area (Å²) in [4.78, 5) is 11.8. The molecule has 4 heteroatoms. The summed E-state index contributed by atoms with van der Waals surface area (Å²) in [6, 6.07) is 7.44. The van der Waals surface area contributed by atoms with Crippen LogP contribution in [0, 0.1) is 12.3 Å². The molecule has 106 valence electrons. The van der Waals surface area contributed by atoms with Gasteiger partial charge in [-0.1, -0.05) is 26.0 Å². The SMILES string of the molecule is Cc1cccc(NC(=O)NCC(C)(C)CC(C)O)c1. The minimum atomic E-state index is -0.364. The van der Waals surface area contributed by atoms with E-state index in [1.54, 1.807) is 6.92 Å². The first-order valence-electron chi connectivity index (χ1n) is 6.58. The van der Waals surface area contributed by atoms with Crippen molar-refractivity contribution in [2.45, 2.75) is 40.2 Å². The summed E-state index contributed by atoms with van der Waals surface area (Å²) in [5.74, 6) is 0. The van der Waals surface area contributed by atoms with E-state index in [-0.39, 0.29) is 17.6 Å². The van der Waals surface area contributed by atoms with E-state index in [2.05, 4.69) is 10.6 Å². The molecule has 1 rings (SSSR count). The van der Waals surface area contributed by atoms with Crippen LogP contribution in [-0.4, -0.2) is 23.8 Å². The maximum atomic E-state index is 11.8. The highest BCUT2D eigenvalue weighted by Crippen LogP contribution is 2.21. The highest BCUT2D eigenvalue weighted by molar-refractivity contribution is 5.89. The second-order valence-electron chi connectivity index (χ2n) is 5.89. The largest absolute Gasteiger partial charge is 0.393 e. The molecule has 3 N–H and O–H groups in total. The molecular weight excluding hydrogens is 240 g/mol. The highest BCUT2D eigenvalue weighted by Gasteiger charge is 2.21. The number of anilines is 1. The summed E-state index contributed by atoms with van der Waals surface area (Å²) in [5, 5.41) is 15.0. The second-order valence-corrected chi connectivity index (χ2v) is 5.89. The van der Waals surface area contributed by atoms with E-state index in [0.717, 1.165) is 11.3 Å². The van der Waals surface area contributed by atoms with Gasteiger partial charge in [-0.25, -0.2) is 4.79 Å². The van der Waals surface area contributed by atoms with Crippen molar-refractivity contribution < 1.29 is 9.90 Å². The maximum absolute atomic E-state index is 11.8. The fourth-order valence-corrected chi connectivity index (χ4v) is 2.09. The van der Waals surface area contributed by atoms with Crippen molar-refractivity contribution in [2.75, 3.05) is 11.9 Å². The smallest absolute Gasteiger partial charge is 0.319 e. The minimum absolute atomic E-state index is 0.127. The Bertz CT molecular complexity index is 428. The van der Waals surface area contributed by atoms with Crippen molar-refractivity contribution in [3.63, 3.8) is 0 Å². The Morgan fingerprint density at radius 3 is 2.68 bits per heavy atom. The zero-order valence-electron chi connectivity index (χ0n) is 12.2. The quantitative estimate of drug-likeness (QED) is 0.765. The van der Waals surface area contributed by atoms with E-state index in [9.17, 15) is 9.90 Å². The molecule has 0 radical (unpaired) electrons. The maximum Gasteiger partial charge on any atom is 0.319 e. The standard InChI is InChI=1S/C15H24N2O2/c1-11-6-5-7-13(8-11)17-14(19)16-10-15(3,4)9-12(2)18/h5-8,12,18H,9-10H2,1-4H3,(H2,16,17,19). The Balaban J connectivity index is 2.44. The average Bonchev–Trinajstić information content (AvgIpc) is 2.25. The molecule has 2 amide bonds. The summed E-state index contributed by atoms with van der Waals surface area (Å²) >= 11 is 0. The van der Waals surface area contributed by atoms with E-state index >= 15 is 0 Å². The van der Waals surface area contributed by atoms with E-state index in [4.69, 9.17) is 0 Å². The van der Waals surface area contributed by atoms with E-state index in [1.165, 1.54) is 0 Å². The molecule has 0 saturated heterocycles. The van der Waals surface area contributed by atoms with Crippen LogP contribution in [0.2, 0.25) is 0 Å². The Morgan fingerprint density at radius 1 is 1.42 bits per heavy atom. The normalized spacial score (nSPS) is 12.9. The van der Waals surface area contributed by atoms with Crippen LogP contribution >= 0.6 is 0 Å². The highest BCUT2D eigenvalue weighted by atomic mass is 16.3. The number of nitrogens with one attached hydrogen (secondary N) is 2. The third-order valence-corrected chi connectivity index (χ3v) is 2.85. The first-order chi connectivity index (χ1) is 8.78. The minimum Gasteiger partial charge on any atom is -0.393 e. The summed E-state index contributed by atoms with van der Waals surface area (Å²) in [5.41, 5.74) is 1.76. The fourth-order valence-electron chi connectivity index (χ4n) is 2.09. The van der Waals surface area contributed by atoms with Crippen molar-refractivity contribution in [1.29, 1.82) is 0 Å². The number of aliphatic hydroxyl groups excluding tert-OH is 1. The van der Waals surface area contributed by atoms with Crippen LogP contribution in [-0.2, 0) is 0 Å². The van der Waals surface area contributed by atoms with Crippen LogP contribution < -0.4 is 10.6 Å². The summed E-state index contributed by atoms with van der Waals surface area (Å²) in [6.07, 6.45) is 0.286. The molecule has 0 aliphatic heterocycles. The second kappa shape index (κ2) is 6.57. The van der Waals surface area contributed by atoms with Crippen LogP contribution in [0.15, 0.2) is 24.3 Å². The number of aryl methyl sites for hydroxylation is 1. The van der Waals surface area contributed by atoms with Crippen molar-refractivity contribution >= 4 is 11.7 Å². The third kappa shape index (κ3) is 6.25. The predicted molar refractivity (Wildman–Crippen MR) is 78.3 cm³/mol. The number of hydrogen-bond acceptors (Lipinski definition) is 2. The van der Waals surface area contributed by atoms with Crippen molar-refractivity contribution in [1.82, 2.24) is 5.32 Å². The van der Waals surface area contributed by atoms with Crippen LogP contribution in [0.4, 0.5) is 10.5 Å². The van der Waals surface area contributed by atoms with Gasteiger partial charge in [0.25, 0.3) is 0 Å². The topological polar surface area (TPSA) is 61.4 Å². The van der Waals surface area contributed by atoms with Crippen molar-refractivity contribution in [3.8, 4) is 0 Å². The first-order valence-corrected chi connectivity index (χ1v) is 6.58. The predicted octanol–water partition coefficient (Wildman–Crippen LogP) is 2.91. The molecule has 0 aromatic heterocycles. The van der Waals surface area contributed by atoms with Gasteiger partial charge in [0.05, 0.1) is 6.10 Å². The lowest BCUT2D eigenvalue weighted by Crippen LogP contribution is -2.38. The number of amides is 2. The van der Waals surface area contributed by atoms with E-state index in [1.807, 2.05) is 45.0 Å². The Kier molecular flexibility index (Phi) is 5.36. The molecule has 0 fully saturated rings. The van der Waals surface area contributed by atoms with Crippen LogP contribution in [0.3, 0.4) is 0 Å². The monoisotopic (exact) mass is 264 g/mol. The average molecular weight is 264 g/mol. The zero-order chi connectivity index (χ0) is 14.5. The van der Waals surface area contributed by atoms with Gasteiger partial charge in [-0.2, -0.15) is 0 Å². The molecule has 0 aliphatic carbocycles. The fraction of sp³-hybridized carbons (Fsp3) is 0.533. The molecule has 1 aromatic carbocycles. The molecule has 0 aliphatic rings. The number of hydrogen-bond donors (Lipinski definition) is 3. The number of aliphatic hydroxyl groups is 1. The molecule has 0 saturated carbocycles. The van der Waals surface area contributed by atoms with Gasteiger partial charge in [0, 0.05) is 12.2 Å². The van der Waals surface area contributed by atoms with Gasteiger partial charge in [0.15, 0.2) is 0 Å². The number of rotatable bonds is 5. The lowest BCUT2D eigenvalue weighted by molar-refractivity contribution is 0.129. The van der Waals surface area contributed by atoms with Crippen LogP contribution in [0.25, 0.3) is 0 Å². The zero-order valence-corrected chi connectivity index (χ0v) is 12.2. The molecule has 1 unspecified atom stereocenters. The molecule has 1 aromatic rings. The lowest BCUT2D eigenvalue weighted by atomic mass is 9.87. The Morgan fingerprint density at radius 2 is 2.11 bits per heavy atom. The number of carbonyl (C=O) groups is 1. The van der Waals surface area contributed by atoms with Crippen molar-refractivity contribution in [3.05, 3.63) is 29.8 Å². The van der Waals surface area contributed by atoms with E-state index < -0.39 is 0 Å².